The molecule has 28 heavy (non-hydrogen) atoms. The minimum Gasteiger partial charge on any atom is -0.508 e. The molecular formula is C20H17ClN2O5. The van der Waals surface area contributed by atoms with Crippen LogP contribution in [0.4, 0.5) is 11.4 Å². The molecule has 0 radical (unpaired) electrons. The zero-order valence-corrected chi connectivity index (χ0v) is 15.9. The summed E-state index contributed by atoms with van der Waals surface area (Å²) in [6, 6.07) is 11.8. The van der Waals surface area contributed by atoms with E-state index in [2.05, 4.69) is 5.32 Å². The van der Waals surface area contributed by atoms with Crippen LogP contribution >= 0.6 is 11.6 Å². The van der Waals surface area contributed by atoms with Crippen LogP contribution in [0, 0.1) is 0 Å². The molecule has 0 aliphatic carbocycles. The molecule has 0 unspecified atom stereocenters. The Labute approximate surface area is 166 Å². The van der Waals surface area contributed by atoms with E-state index in [1.807, 2.05) is 0 Å². The van der Waals surface area contributed by atoms with Crippen molar-refractivity contribution in [3.05, 3.63) is 64.8 Å². The van der Waals surface area contributed by atoms with E-state index < -0.39 is 17.8 Å². The number of ether oxygens (including phenoxy) is 1. The number of rotatable bonds is 5. The number of benzene rings is 2. The molecule has 0 atom stereocenters. The Kier molecular flexibility index (Phi) is 5.37. The number of amides is 2. The van der Waals surface area contributed by atoms with Crippen LogP contribution < -0.4 is 10.2 Å². The van der Waals surface area contributed by atoms with Crippen molar-refractivity contribution in [3.8, 4) is 5.75 Å². The van der Waals surface area contributed by atoms with Crippen molar-refractivity contribution in [2.45, 2.75) is 20.0 Å². The number of carbonyl (C=O) groups excluding carboxylic acids is 3. The molecule has 2 aromatic rings. The second kappa shape index (κ2) is 7.74. The first-order valence-electron chi connectivity index (χ1n) is 8.43. The Morgan fingerprint density at radius 3 is 2.21 bits per heavy atom. The number of nitrogens with zero attached hydrogens (tertiary/aromatic N) is 1. The number of anilines is 2. The summed E-state index contributed by atoms with van der Waals surface area (Å²) in [7, 11) is 0. The van der Waals surface area contributed by atoms with Gasteiger partial charge in [0.1, 0.15) is 16.5 Å². The predicted octanol–water partition coefficient (Wildman–Crippen LogP) is 3.39. The largest absolute Gasteiger partial charge is 0.508 e. The number of phenols is 1. The van der Waals surface area contributed by atoms with E-state index in [1.165, 1.54) is 36.4 Å². The Hall–Kier alpha value is -3.32. The number of carbonyl (C=O) groups is 3. The van der Waals surface area contributed by atoms with Crippen molar-refractivity contribution in [1.82, 2.24) is 0 Å². The van der Waals surface area contributed by atoms with Crippen LogP contribution in [0.2, 0.25) is 0 Å². The average molecular weight is 401 g/mol. The van der Waals surface area contributed by atoms with Crippen LogP contribution in [0.5, 0.6) is 5.75 Å². The summed E-state index contributed by atoms with van der Waals surface area (Å²) in [4.78, 5) is 38.0. The van der Waals surface area contributed by atoms with Crippen molar-refractivity contribution < 1.29 is 24.2 Å². The van der Waals surface area contributed by atoms with Crippen molar-refractivity contribution in [1.29, 1.82) is 0 Å². The highest BCUT2D eigenvalue weighted by molar-refractivity contribution is 6.53. The van der Waals surface area contributed by atoms with Gasteiger partial charge in [0, 0.05) is 5.69 Å². The summed E-state index contributed by atoms with van der Waals surface area (Å²) < 4.78 is 5.11. The zero-order chi connectivity index (χ0) is 20.4. The Morgan fingerprint density at radius 1 is 1.04 bits per heavy atom. The van der Waals surface area contributed by atoms with Gasteiger partial charge in [0.15, 0.2) is 0 Å². The number of hydrogen-bond acceptors (Lipinski definition) is 6. The van der Waals surface area contributed by atoms with E-state index in [0.717, 1.165) is 4.90 Å². The van der Waals surface area contributed by atoms with Gasteiger partial charge in [-0.05, 0) is 62.4 Å². The first kappa shape index (κ1) is 19.4. The van der Waals surface area contributed by atoms with Crippen LogP contribution in [-0.2, 0) is 14.3 Å². The SMILES string of the molecule is CC(C)OC(=O)c1ccc(N2C(=O)C(Cl)=C(Nc3ccc(O)cc3)C2=O)cc1. The van der Waals surface area contributed by atoms with Gasteiger partial charge < -0.3 is 15.2 Å². The summed E-state index contributed by atoms with van der Waals surface area (Å²) in [6.45, 7) is 3.48. The van der Waals surface area contributed by atoms with Crippen molar-refractivity contribution >= 4 is 40.8 Å². The molecule has 2 amide bonds. The highest BCUT2D eigenvalue weighted by Gasteiger charge is 2.39. The lowest BCUT2D eigenvalue weighted by molar-refractivity contribution is -0.120. The highest BCUT2D eigenvalue weighted by atomic mass is 35.5. The lowest BCUT2D eigenvalue weighted by Crippen LogP contribution is -2.32. The number of hydrogen-bond donors (Lipinski definition) is 2. The van der Waals surface area contributed by atoms with Gasteiger partial charge in [0.2, 0.25) is 0 Å². The molecule has 2 N–H and O–H groups in total. The summed E-state index contributed by atoms with van der Waals surface area (Å²) >= 11 is 6.07. The molecule has 2 aromatic carbocycles. The highest BCUT2D eigenvalue weighted by Crippen LogP contribution is 2.30. The molecule has 1 aliphatic heterocycles. The fraction of sp³-hybridized carbons (Fsp3) is 0.150. The Morgan fingerprint density at radius 2 is 1.64 bits per heavy atom. The fourth-order valence-electron chi connectivity index (χ4n) is 2.56. The van der Waals surface area contributed by atoms with E-state index in [0.29, 0.717) is 11.3 Å². The Bertz CT molecular complexity index is 965. The molecule has 3 rings (SSSR count). The van der Waals surface area contributed by atoms with Gasteiger partial charge in [0.05, 0.1) is 17.4 Å². The minimum atomic E-state index is -0.676. The van der Waals surface area contributed by atoms with Gasteiger partial charge in [-0.3, -0.25) is 9.59 Å². The van der Waals surface area contributed by atoms with Crippen molar-refractivity contribution in [2.75, 3.05) is 10.2 Å². The van der Waals surface area contributed by atoms with Crippen LogP contribution in [0.1, 0.15) is 24.2 Å². The van der Waals surface area contributed by atoms with Gasteiger partial charge in [0.25, 0.3) is 11.8 Å². The number of phenolic OH excluding ortho intramolecular Hbond substituents is 1. The van der Waals surface area contributed by atoms with Crippen LogP contribution in [0.25, 0.3) is 0 Å². The molecule has 0 bridgehead atoms. The molecule has 144 valence electrons. The molecule has 1 heterocycles. The molecule has 8 heteroatoms. The molecule has 0 fully saturated rings. The first-order valence-corrected chi connectivity index (χ1v) is 8.81. The molecule has 0 aromatic heterocycles. The standard InChI is InChI=1S/C20H17ClN2O5/c1-11(2)28-20(27)12-3-7-14(8-4-12)23-18(25)16(21)17(19(23)26)22-13-5-9-15(24)10-6-13/h3-11,22,24H,1-2H3. The third-order valence-corrected chi connectivity index (χ3v) is 4.22. The number of esters is 1. The zero-order valence-electron chi connectivity index (χ0n) is 15.1. The van der Waals surface area contributed by atoms with E-state index in [9.17, 15) is 19.5 Å². The number of aromatic hydroxyl groups is 1. The van der Waals surface area contributed by atoms with Crippen molar-refractivity contribution in [3.63, 3.8) is 0 Å². The normalized spacial score (nSPS) is 14.1. The quantitative estimate of drug-likeness (QED) is 0.453. The van der Waals surface area contributed by atoms with Gasteiger partial charge in [-0.2, -0.15) is 0 Å². The van der Waals surface area contributed by atoms with Gasteiger partial charge in [-0.15, -0.1) is 0 Å². The molecule has 1 aliphatic rings. The second-order valence-electron chi connectivity index (χ2n) is 6.31. The van der Waals surface area contributed by atoms with Gasteiger partial charge in [-0.1, -0.05) is 11.6 Å². The van der Waals surface area contributed by atoms with Crippen molar-refractivity contribution in [2.24, 2.45) is 0 Å². The average Bonchev–Trinajstić information content (AvgIpc) is 2.86. The maximum atomic E-state index is 12.7. The summed E-state index contributed by atoms with van der Waals surface area (Å²) in [5.74, 6) is -1.73. The number of halogens is 1. The fourth-order valence-corrected chi connectivity index (χ4v) is 2.78. The smallest absolute Gasteiger partial charge is 0.338 e. The van der Waals surface area contributed by atoms with Gasteiger partial charge in [-0.25, -0.2) is 9.69 Å². The molecule has 0 saturated heterocycles. The first-order chi connectivity index (χ1) is 13.3. The monoisotopic (exact) mass is 400 g/mol. The van der Waals surface area contributed by atoms with E-state index in [4.69, 9.17) is 16.3 Å². The van der Waals surface area contributed by atoms with E-state index >= 15 is 0 Å². The van der Waals surface area contributed by atoms with Crippen LogP contribution in [-0.4, -0.2) is 29.0 Å². The molecule has 0 spiro atoms. The maximum absolute atomic E-state index is 12.7. The predicted molar refractivity (Wildman–Crippen MR) is 104 cm³/mol. The molecular weight excluding hydrogens is 384 g/mol. The third kappa shape index (κ3) is 3.84. The molecule has 7 nitrogen and oxygen atoms in total. The van der Waals surface area contributed by atoms with E-state index in [-0.39, 0.29) is 28.3 Å². The van der Waals surface area contributed by atoms with Crippen LogP contribution in [0.3, 0.4) is 0 Å². The van der Waals surface area contributed by atoms with Crippen LogP contribution in [0.15, 0.2) is 59.3 Å². The topological polar surface area (TPSA) is 95.9 Å². The summed E-state index contributed by atoms with van der Waals surface area (Å²) in [6.07, 6.45) is -0.259. The Balaban J connectivity index is 1.81. The number of nitrogens with one attached hydrogen (secondary N) is 1. The van der Waals surface area contributed by atoms with Gasteiger partial charge >= 0.3 is 5.97 Å². The lowest BCUT2D eigenvalue weighted by atomic mass is 10.2. The van der Waals surface area contributed by atoms with E-state index in [1.54, 1.807) is 26.0 Å². The minimum absolute atomic E-state index is 0.0668. The molecule has 0 saturated carbocycles. The second-order valence-corrected chi connectivity index (χ2v) is 6.69. The number of imide groups is 1. The maximum Gasteiger partial charge on any atom is 0.338 e. The lowest BCUT2D eigenvalue weighted by Gasteiger charge is -2.16. The third-order valence-electron chi connectivity index (χ3n) is 3.87. The summed E-state index contributed by atoms with van der Waals surface area (Å²) in [5.41, 5.74) is 0.996. The summed E-state index contributed by atoms with van der Waals surface area (Å²) in [5, 5.41) is 11.9.